The number of hydrogen-bond acceptors (Lipinski definition) is 3. The summed E-state index contributed by atoms with van der Waals surface area (Å²) in [7, 11) is 2.02. The lowest BCUT2D eigenvalue weighted by atomic mass is 10.1. The molecule has 27 heavy (non-hydrogen) atoms. The van der Waals surface area contributed by atoms with E-state index in [0.29, 0.717) is 13.0 Å². The summed E-state index contributed by atoms with van der Waals surface area (Å²) in [5.74, 6) is -0.578. The Morgan fingerprint density at radius 3 is 2.56 bits per heavy atom. The monoisotopic (exact) mass is 369 g/mol. The predicted molar refractivity (Wildman–Crippen MR) is 108 cm³/mol. The molecule has 1 aliphatic rings. The summed E-state index contributed by atoms with van der Waals surface area (Å²) in [6, 6.07) is 14.8. The molecule has 4 nitrogen and oxygen atoms in total. The van der Waals surface area contributed by atoms with Gasteiger partial charge in [-0.1, -0.05) is 30.3 Å². The zero-order chi connectivity index (χ0) is 19.1. The first-order valence-electron chi connectivity index (χ1n) is 9.69. The van der Waals surface area contributed by atoms with Crippen LogP contribution in [-0.2, 0) is 11.3 Å². The zero-order valence-electron chi connectivity index (χ0n) is 16.0. The predicted octanol–water partition coefficient (Wildman–Crippen LogP) is 4.28. The molecule has 1 amide bonds. The third-order valence-electron chi connectivity index (χ3n) is 5.00. The number of hydrogen-bond donors (Lipinski definition) is 1. The Bertz CT molecular complexity index is 759. The molecule has 1 N–H and O–H groups in total. The first-order valence-corrected chi connectivity index (χ1v) is 9.69. The average molecular weight is 369 g/mol. The van der Waals surface area contributed by atoms with Crippen molar-refractivity contribution < 1.29 is 9.18 Å². The zero-order valence-corrected chi connectivity index (χ0v) is 16.0. The number of para-hydroxylation sites is 2. The first-order chi connectivity index (χ1) is 13.1. The topological polar surface area (TPSA) is 35.6 Å². The summed E-state index contributed by atoms with van der Waals surface area (Å²) in [6.45, 7) is 3.64. The lowest BCUT2D eigenvalue weighted by molar-refractivity contribution is -0.116. The van der Waals surface area contributed by atoms with Gasteiger partial charge in [-0.15, -0.1) is 0 Å². The number of rotatable bonds is 7. The van der Waals surface area contributed by atoms with Gasteiger partial charge in [-0.05, 0) is 50.1 Å². The third kappa shape index (κ3) is 5.54. The molecule has 0 atom stereocenters. The molecule has 0 unspecified atom stereocenters. The number of anilines is 2. The number of halogens is 1. The molecule has 2 aromatic rings. The van der Waals surface area contributed by atoms with E-state index in [1.54, 1.807) is 18.2 Å². The van der Waals surface area contributed by atoms with Crippen LogP contribution in [0.5, 0.6) is 0 Å². The lowest BCUT2D eigenvalue weighted by Gasteiger charge is -2.31. The molecule has 0 spiro atoms. The number of nitrogens with one attached hydrogen (secondary N) is 1. The van der Waals surface area contributed by atoms with E-state index in [9.17, 15) is 9.18 Å². The Hall–Kier alpha value is -2.40. The quantitative estimate of drug-likeness (QED) is 0.791. The molecule has 1 fully saturated rings. The molecule has 2 aromatic carbocycles. The molecule has 1 heterocycles. The second-order valence-electron chi connectivity index (χ2n) is 7.19. The minimum absolute atomic E-state index is 0.170. The number of carbonyl (C=O) groups excluding carboxylic acids is 1. The SMILES string of the molecule is CN(CCC(=O)Nc1ccccc1F)Cc1ccccc1N1CCCCC1. The fourth-order valence-corrected chi connectivity index (χ4v) is 3.53. The van der Waals surface area contributed by atoms with E-state index >= 15 is 0 Å². The number of nitrogens with zero attached hydrogens (tertiary/aromatic N) is 2. The molecular formula is C22H28FN3O. The Kier molecular flexibility index (Phi) is 6.82. The largest absolute Gasteiger partial charge is 0.371 e. The fraction of sp³-hybridized carbons (Fsp3) is 0.409. The summed E-state index contributed by atoms with van der Waals surface area (Å²) in [6.07, 6.45) is 4.15. The summed E-state index contributed by atoms with van der Waals surface area (Å²) < 4.78 is 13.6. The molecular weight excluding hydrogens is 341 g/mol. The Morgan fingerprint density at radius 1 is 1.07 bits per heavy atom. The fourth-order valence-electron chi connectivity index (χ4n) is 3.53. The van der Waals surface area contributed by atoms with Crippen molar-refractivity contribution in [2.45, 2.75) is 32.2 Å². The Morgan fingerprint density at radius 2 is 1.78 bits per heavy atom. The van der Waals surface area contributed by atoms with Crippen LogP contribution in [0.15, 0.2) is 48.5 Å². The van der Waals surface area contributed by atoms with Crippen LogP contribution < -0.4 is 10.2 Å². The summed E-state index contributed by atoms with van der Waals surface area (Å²) in [5, 5.41) is 2.64. The average Bonchev–Trinajstić information content (AvgIpc) is 2.69. The van der Waals surface area contributed by atoms with Crippen molar-refractivity contribution in [1.29, 1.82) is 0 Å². The highest BCUT2D eigenvalue weighted by molar-refractivity contribution is 5.90. The van der Waals surface area contributed by atoms with E-state index in [-0.39, 0.29) is 11.6 Å². The number of amides is 1. The van der Waals surface area contributed by atoms with Crippen LogP contribution in [0.2, 0.25) is 0 Å². The van der Waals surface area contributed by atoms with Crippen molar-refractivity contribution in [3.8, 4) is 0 Å². The molecule has 3 rings (SSSR count). The summed E-state index contributed by atoms with van der Waals surface area (Å²) >= 11 is 0. The van der Waals surface area contributed by atoms with Gasteiger partial charge in [-0.3, -0.25) is 4.79 Å². The minimum Gasteiger partial charge on any atom is -0.371 e. The van der Waals surface area contributed by atoms with Gasteiger partial charge in [-0.2, -0.15) is 0 Å². The van der Waals surface area contributed by atoms with Crippen LogP contribution in [0.1, 0.15) is 31.2 Å². The van der Waals surface area contributed by atoms with E-state index < -0.39 is 5.82 Å². The molecule has 5 heteroatoms. The van der Waals surface area contributed by atoms with Gasteiger partial charge in [-0.25, -0.2) is 4.39 Å². The van der Waals surface area contributed by atoms with E-state index in [1.165, 1.54) is 36.6 Å². The summed E-state index contributed by atoms with van der Waals surface area (Å²) in [4.78, 5) is 16.7. The van der Waals surface area contributed by atoms with Crippen molar-refractivity contribution >= 4 is 17.3 Å². The molecule has 144 valence electrons. The van der Waals surface area contributed by atoms with Gasteiger partial charge in [0.15, 0.2) is 0 Å². The second kappa shape index (κ2) is 9.51. The number of carbonyl (C=O) groups is 1. The summed E-state index contributed by atoms with van der Waals surface area (Å²) in [5.41, 5.74) is 2.83. The molecule has 0 radical (unpaired) electrons. The molecule has 0 aromatic heterocycles. The van der Waals surface area contributed by atoms with Crippen LogP contribution in [0, 0.1) is 5.82 Å². The molecule has 0 saturated carbocycles. The Balaban J connectivity index is 1.53. The highest BCUT2D eigenvalue weighted by atomic mass is 19.1. The maximum atomic E-state index is 13.6. The number of benzene rings is 2. The van der Waals surface area contributed by atoms with Gasteiger partial charge in [0.1, 0.15) is 5.82 Å². The molecule has 1 aliphatic heterocycles. The van der Waals surface area contributed by atoms with E-state index in [4.69, 9.17) is 0 Å². The van der Waals surface area contributed by atoms with Crippen LogP contribution >= 0.6 is 0 Å². The van der Waals surface area contributed by atoms with Crippen molar-refractivity contribution in [2.24, 2.45) is 0 Å². The van der Waals surface area contributed by atoms with Gasteiger partial charge in [0, 0.05) is 38.3 Å². The molecule has 0 aliphatic carbocycles. The van der Waals surface area contributed by atoms with Gasteiger partial charge < -0.3 is 15.1 Å². The van der Waals surface area contributed by atoms with Crippen LogP contribution in [0.3, 0.4) is 0 Å². The third-order valence-corrected chi connectivity index (χ3v) is 5.00. The van der Waals surface area contributed by atoms with Gasteiger partial charge in [0.2, 0.25) is 5.91 Å². The van der Waals surface area contributed by atoms with Crippen LogP contribution in [0.25, 0.3) is 0 Å². The smallest absolute Gasteiger partial charge is 0.225 e. The van der Waals surface area contributed by atoms with Crippen LogP contribution in [-0.4, -0.2) is 37.5 Å². The van der Waals surface area contributed by atoms with Crippen molar-refractivity contribution in [3.05, 3.63) is 59.9 Å². The molecule has 0 bridgehead atoms. The van der Waals surface area contributed by atoms with E-state index in [2.05, 4.69) is 39.4 Å². The lowest BCUT2D eigenvalue weighted by Crippen LogP contribution is -2.31. The maximum absolute atomic E-state index is 13.6. The molecule has 1 saturated heterocycles. The van der Waals surface area contributed by atoms with Crippen molar-refractivity contribution in [2.75, 3.05) is 36.9 Å². The van der Waals surface area contributed by atoms with Gasteiger partial charge >= 0.3 is 0 Å². The standard InChI is InChI=1S/C22H28FN3O/c1-25(16-13-22(27)24-20-11-5-4-10-19(20)23)17-18-9-3-6-12-21(18)26-14-7-2-8-15-26/h3-6,9-12H,2,7-8,13-17H2,1H3,(H,24,27). The van der Waals surface area contributed by atoms with Crippen molar-refractivity contribution in [3.63, 3.8) is 0 Å². The minimum atomic E-state index is -0.408. The number of piperidine rings is 1. The first kappa shape index (κ1) is 19.4. The highest BCUT2D eigenvalue weighted by Gasteiger charge is 2.15. The normalized spacial score (nSPS) is 14.4. The Labute approximate surface area is 161 Å². The highest BCUT2D eigenvalue weighted by Crippen LogP contribution is 2.25. The second-order valence-corrected chi connectivity index (χ2v) is 7.19. The van der Waals surface area contributed by atoms with Gasteiger partial charge in [0.25, 0.3) is 0 Å². The maximum Gasteiger partial charge on any atom is 0.225 e. The van der Waals surface area contributed by atoms with Crippen molar-refractivity contribution in [1.82, 2.24) is 4.90 Å². The van der Waals surface area contributed by atoms with E-state index in [0.717, 1.165) is 19.6 Å². The van der Waals surface area contributed by atoms with Crippen LogP contribution in [0.4, 0.5) is 15.8 Å². The van der Waals surface area contributed by atoms with E-state index in [1.807, 2.05) is 7.05 Å². The van der Waals surface area contributed by atoms with Gasteiger partial charge in [0.05, 0.1) is 5.69 Å².